The van der Waals surface area contributed by atoms with Crippen molar-refractivity contribution in [2.75, 3.05) is 0 Å². The number of halogens is 4. The van der Waals surface area contributed by atoms with E-state index < -0.39 is 11.7 Å². The maximum atomic E-state index is 13.3. The van der Waals surface area contributed by atoms with Gasteiger partial charge in [-0.25, -0.2) is 0 Å². The molecule has 0 fully saturated rings. The summed E-state index contributed by atoms with van der Waals surface area (Å²) in [6, 6.07) is 16.5. The quantitative estimate of drug-likeness (QED) is 0.478. The molecule has 0 N–H and O–H groups in total. The minimum absolute atomic E-state index is 0.184. The molecule has 0 aromatic heterocycles. The van der Waals surface area contributed by atoms with Gasteiger partial charge in [-0.05, 0) is 33.7 Å². The van der Waals surface area contributed by atoms with Gasteiger partial charge in [0, 0.05) is 3.58 Å². The molecule has 0 saturated carbocycles. The highest BCUT2D eigenvalue weighted by Gasteiger charge is 2.37. The van der Waals surface area contributed by atoms with Crippen molar-refractivity contribution in [3.63, 3.8) is 0 Å². The van der Waals surface area contributed by atoms with Gasteiger partial charge in [0.25, 0.3) is 0 Å². The molecule has 0 unspecified atom stereocenters. The van der Waals surface area contributed by atoms with Crippen LogP contribution in [0.15, 0.2) is 60.7 Å². The minimum atomic E-state index is -4.38. The zero-order valence-corrected chi connectivity index (χ0v) is 11.9. The van der Waals surface area contributed by atoms with Gasteiger partial charge in [0.1, 0.15) is 0 Å². The van der Waals surface area contributed by atoms with Crippen LogP contribution in [-0.4, -0.2) is 6.18 Å². The van der Waals surface area contributed by atoms with Gasteiger partial charge < -0.3 is 0 Å². The second-order valence-electron chi connectivity index (χ2n) is 3.92. The Morgan fingerprint density at radius 3 is 1.58 bits per heavy atom. The van der Waals surface area contributed by atoms with Crippen LogP contribution in [-0.2, 0) is 0 Å². The molecule has 0 nitrogen and oxygen atoms in total. The molecule has 19 heavy (non-hydrogen) atoms. The number of alkyl halides is 3. The van der Waals surface area contributed by atoms with Crippen molar-refractivity contribution in [2.45, 2.75) is 6.18 Å². The van der Waals surface area contributed by atoms with Crippen LogP contribution in [0.1, 0.15) is 11.1 Å². The number of hydrogen-bond acceptors (Lipinski definition) is 0. The van der Waals surface area contributed by atoms with Gasteiger partial charge in [-0.2, -0.15) is 13.2 Å². The molecule has 2 aromatic rings. The van der Waals surface area contributed by atoms with E-state index >= 15 is 0 Å². The highest BCUT2D eigenvalue weighted by molar-refractivity contribution is 14.1. The van der Waals surface area contributed by atoms with Crippen LogP contribution in [0.2, 0.25) is 0 Å². The third-order valence-corrected chi connectivity index (χ3v) is 3.75. The maximum absolute atomic E-state index is 13.3. The SMILES string of the molecule is FC(F)(F)/C(=C(\I)c1ccccc1)c1ccccc1. The van der Waals surface area contributed by atoms with Crippen molar-refractivity contribution in [1.29, 1.82) is 0 Å². The first-order valence-electron chi connectivity index (χ1n) is 5.58. The van der Waals surface area contributed by atoms with Gasteiger partial charge in [0.05, 0.1) is 5.57 Å². The van der Waals surface area contributed by atoms with E-state index in [4.69, 9.17) is 0 Å². The Balaban J connectivity index is 2.63. The molecule has 4 heteroatoms. The molecule has 0 amide bonds. The molecule has 0 aliphatic carbocycles. The summed E-state index contributed by atoms with van der Waals surface area (Å²) >= 11 is 1.76. The van der Waals surface area contributed by atoms with E-state index in [1.165, 1.54) is 12.1 Å². The lowest BCUT2D eigenvalue weighted by Gasteiger charge is -2.15. The Morgan fingerprint density at radius 1 is 0.737 bits per heavy atom. The van der Waals surface area contributed by atoms with Crippen molar-refractivity contribution in [1.82, 2.24) is 0 Å². The van der Waals surface area contributed by atoms with Crippen molar-refractivity contribution >= 4 is 31.7 Å². The monoisotopic (exact) mass is 374 g/mol. The van der Waals surface area contributed by atoms with Crippen LogP contribution in [0.25, 0.3) is 9.15 Å². The first-order chi connectivity index (χ1) is 9.00. The molecule has 0 aliphatic heterocycles. The maximum Gasteiger partial charge on any atom is 0.418 e. The summed E-state index contributed by atoms with van der Waals surface area (Å²) in [6.45, 7) is 0. The first kappa shape index (κ1) is 14.1. The Bertz CT molecular complexity index is 571. The van der Waals surface area contributed by atoms with Crippen LogP contribution in [0.5, 0.6) is 0 Å². The van der Waals surface area contributed by atoms with Crippen LogP contribution in [0.4, 0.5) is 13.2 Å². The predicted molar refractivity (Wildman–Crippen MR) is 79.8 cm³/mol. The molecule has 0 radical (unpaired) electrons. The Morgan fingerprint density at radius 2 is 1.16 bits per heavy atom. The van der Waals surface area contributed by atoms with Gasteiger partial charge in [-0.1, -0.05) is 60.7 Å². The molecule has 0 bridgehead atoms. The fourth-order valence-electron chi connectivity index (χ4n) is 1.75. The van der Waals surface area contributed by atoms with Crippen LogP contribution < -0.4 is 0 Å². The fourth-order valence-corrected chi connectivity index (χ4v) is 2.73. The van der Waals surface area contributed by atoms with Gasteiger partial charge in [-0.3, -0.25) is 0 Å². The molecule has 0 atom stereocenters. The van der Waals surface area contributed by atoms with E-state index in [1.807, 2.05) is 0 Å². The largest absolute Gasteiger partial charge is 0.418 e. The van der Waals surface area contributed by atoms with Crippen LogP contribution in [0.3, 0.4) is 0 Å². The van der Waals surface area contributed by atoms with E-state index in [0.29, 0.717) is 5.56 Å². The average Bonchev–Trinajstić information content (AvgIpc) is 2.39. The molecule has 0 heterocycles. The summed E-state index contributed by atoms with van der Waals surface area (Å²) < 4.78 is 40.0. The molecular weight excluding hydrogens is 364 g/mol. The summed E-state index contributed by atoms with van der Waals surface area (Å²) in [5.74, 6) is 0. The molecular formula is C15H10F3I. The van der Waals surface area contributed by atoms with Crippen LogP contribution in [0, 0.1) is 0 Å². The lowest BCUT2D eigenvalue weighted by Crippen LogP contribution is -2.11. The van der Waals surface area contributed by atoms with E-state index in [9.17, 15) is 13.2 Å². The molecule has 2 rings (SSSR count). The zero-order chi connectivity index (χ0) is 13.9. The molecule has 0 spiro atoms. The topological polar surface area (TPSA) is 0 Å². The lowest BCUT2D eigenvalue weighted by atomic mass is 10.0. The molecule has 98 valence electrons. The van der Waals surface area contributed by atoms with Crippen molar-refractivity contribution in [3.8, 4) is 0 Å². The number of benzene rings is 2. The minimum Gasteiger partial charge on any atom is -0.166 e. The zero-order valence-electron chi connectivity index (χ0n) is 9.79. The second-order valence-corrected chi connectivity index (χ2v) is 5.00. The van der Waals surface area contributed by atoms with Crippen molar-refractivity contribution in [3.05, 3.63) is 71.8 Å². The van der Waals surface area contributed by atoms with Gasteiger partial charge in [0.2, 0.25) is 0 Å². The highest BCUT2D eigenvalue weighted by Crippen LogP contribution is 2.42. The standard InChI is InChI=1S/C15H10F3I/c16-15(17,18)13(11-7-3-1-4-8-11)14(19)12-9-5-2-6-10-12/h1-10H/b14-13-. The molecule has 2 aromatic carbocycles. The summed E-state index contributed by atoms with van der Waals surface area (Å²) in [5.41, 5.74) is 0.155. The smallest absolute Gasteiger partial charge is 0.166 e. The summed E-state index contributed by atoms with van der Waals surface area (Å²) in [7, 11) is 0. The normalized spacial score (nSPS) is 13.1. The van der Waals surface area contributed by atoms with Crippen molar-refractivity contribution in [2.24, 2.45) is 0 Å². The fraction of sp³-hybridized carbons (Fsp3) is 0.0667. The third kappa shape index (κ3) is 3.37. The van der Waals surface area contributed by atoms with E-state index in [1.54, 1.807) is 71.1 Å². The second kappa shape index (κ2) is 5.77. The number of allylic oxidation sites excluding steroid dienone is 1. The van der Waals surface area contributed by atoms with E-state index in [2.05, 4.69) is 0 Å². The van der Waals surface area contributed by atoms with Crippen molar-refractivity contribution < 1.29 is 13.2 Å². The van der Waals surface area contributed by atoms with E-state index in [-0.39, 0.29) is 9.14 Å². The predicted octanol–water partition coefficient (Wildman–Crippen LogP) is 5.55. The molecule has 0 aliphatic rings. The lowest BCUT2D eigenvalue weighted by molar-refractivity contribution is -0.0683. The number of hydrogen-bond donors (Lipinski definition) is 0. The Labute approximate surface area is 123 Å². The summed E-state index contributed by atoms with van der Waals surface area (Å²) in [6.07, 6.45) is -4.38. The van der Waals surface area contributed by atoms with E-state index in [0.717, 1.165) is 0 Å². The Kier molecular flexibility index (Phi) is 4.29. The summed E-state index contributed by atoms with van der Waals surface area (Å²) in [4.78, 5) is 0. The number of rotatable bonds is 2. The molecule has 0 saturated heterocycles. The van der Waals surface area contributed by atoms with Gasteiger partial charge in [0.15, 0.2) is 0 Å². The third-order valence-electron chi connectivity index (χ3n) is 2.59. The van der Waals surface area contributed by atoms with Gasteiger partial charge in [-0.15, -0.1) is 0 Å². The van der Waals surface area contributed by atoms with Crippen LogP contribution >= 0.6 is 22.6 Å². The average molecular weight is 374 g/mol. The highest BCUT2D eigenvalue weighted by atomic mass is 127. The summed E-state index contributed by atoms with van der Waals surface area (Å²) in [5, 5.41) is 0. The Hall–Kier alpha value is -1.30. The van der Waals surface area contributed by atoms with Gasteiger partial charge >= 0.3 is 6.18 Å². The first-order valence-corrected chi connectivity index (χ1v) is 6.66.